The monoisotopic (exact) mass is 273 g/mol. The van der Waals surface area contributed by atoms with Gasteiger partial charge in [-0.15, -0.1) is 0 Å². The van der Waals surface area contributed by atoms with Gasteiger partial charge in [-0.3, -0.25) is 4.98 Å². The number of halogens is 1. The maximum absolute atomic E-state index is 10.5. The van der Waals surface area contributed by atoms with Crippen molar-refractivity contribution < 1.29 is 5.11 Å². The second-order valence-electron chi connectivity index (χ2n) is 5.09. The van der Waals surface area contributed by atoms with Crippen molar-refractivity contribution in [1.29, 1.82) is 0 Å². The van der Waals surface area contributed by atoms with E-state index in [0.717, 1.165) is 11.1 Å². The van der Waals surface area contributed by atoms with Crippen molar-refractivity contribution in [3.63, 3.8) is 0 Å². The molecule has 2 nitrogen and oxygen atoms in total. The summed E-state index contributed by atoms with van der Waals surface area (Å²) in [5, 5.41) is 11.1. The van der Waals surface area contributed by atoms with Crippen LogP contribution in [0, 0.1) is 0 Å². The summed E-state index contributed by atoms with van der Waals surface area (Å²) < 4.78 is 0. The second-order valence-corrected chi connectivity index (χ2v) is 5.50. The molecule has 0 bridgehead atoms. The highest BCUT2D eigenvalue weighted by Gasteiger charge is 2.27. The molecule has 3 rings (SSSR count). The van der Waals surface area contributed by atoms with Gasteiger partial charge in [0.2, 0.25) is 0 Å². The lowest BCUT2D eigenvalue weighted by atomic mass is 9.95. The number of aromatic nitrogens is 1. The van der Waals surface area contributed by atoms with E-state index in [1.54, 1.807) is 12.4 Å². The summed E-state index contributed by atoms with van der Waals surface area (Å²) in [5.41, 5.74) is 3.27. The first-order chi connectivity index (χ1) is 9.25. The average molecular weight is 274 g/mol. The molecule has 0 amide bonds. The van der Waals surface area contributed by atoms with Crippen LogP contribution in [0.3, 0.4) is 0 Å². The fraction of sp³-hybridized carbons (Fsp3) is 0.312. The van der Waals surface area contributed by atoms with Crippen LogP contribution < -0.4 is 0 Å². The first-order valence-corrected chi connectivity index (χ1v) is 6.99. The highest BCUT2D eigenvalue weighted by molar-refractivity contribution is 6.31. The van der Waals surface area contributed by atoms with Crippen molar-refractivity contribution in [3.8, 4) is 0 Å². The lowest BCUT2D eigenvalue weighted by Crippen LogP contribution is -2.05. The van der Waals surface area contributed by atoms with Gasteiger partial charge in [-0.1, -0.05) is 35.9 Å². The van der Waals surface area contributed by atoms with Gasteiger partial charge in [-0.05, 0) is 41.5 Å². The van der Waals surface area contributed by atoms with Gasteiger partial charge in [0, 0.05) is 18.8 Å². The fourth-order valence-corrected chi connectivity index (χ4v) is 2.66. The molecule has 1 aromatic carbocycles. The number of aliphatic hydroxyl groups is 1. The average Bonchev–Trinajstić information content (AvgIpc) is 3.26. The standard InChI is InChI=1S/C16H16ClNO/c17-15-10-18-8-7-12(15)9-16(19)14-4-2-1-3-13(14)11-5-6-11/h1-4,7-8,10-11,16,19H,5-6,9H2. The number of pyridine rings is 1. The van der Waals surface area contributed by atoms with Gasteiger partial charge >= 0.3 is 0 Å². The Morgan fingerprint density at radius 3 is 2.79 bits per heavy atom. The van der Waals surface area contributed by atoms with Gasteiger partial charge in [0.1, 0.15) is 0 Å². The number of aliphatic hydroxyl groups excluding tert-OH is 1. The van der Waals surface area contributed by atoms with E-state index < -0.39 is 6.10 Å². The van der Waals surface area contributed by atoms with Gasteiger partial charge in [0.25, 0.3) is 0 Å². The predicted octanol–water partition coefficient (Wildman–Crippen LogP) is 3.89. The largest absolute Gasteiger partial charge is 0.388 e. The molecular formula is C16H16ClNO. The topological polar surface area (TPSA) is 33.1 Å². The molecule has 1 aliphatic rings. The molecule has 1 saturated carbocycles. The summed E-state index contributed by atoms with van der Waals surface area (Å²) in [7, 11) is 0. The quantitative estimate of drug-likeness (QED) is 0.917. The van der Waals surface area contributed by atoms with Crippen molar-refractivity contribution in [3.05, 3.63) is 64.4 Å². The molecule has 1 aliphatic carbocycles. The molecule has 1 aromatic heterocycles. The van der Waals surface area contributed by atoms with Crippen LogP contribution in [0.2, 0.25) is 5.02 Å². The van der Waals surface area contributed by atoms with Crippen LogP contribution in [0.1, 0.15) is 41.6 Å². The van der Waals surface area contributed by atoms with Crippen molar-refractivity contribution in [1.82, 2.24) is 4.98 Å². The van der Waals surface area contributed by atoms with E-state index in [1.807, 2.05) is 24.3 Å². The van der Waals surface area contributed by atoms with Gasteiger partial charge < -0.3 is 5.11 Å². The number of hydrogen-bond donors (Lipinski definition) is 1. The molecule has 3 heteroatoms. The Balaban J connectivity index is 1.84. The molecule has 0 saturated heterocycles. The summed E-state index contributed by atoms with van der Waals surface area (Å²) >= 11 is 6.10. The second kappa shape index (κ2) is 5.32. The van der Waals surface area contributed by atoms with Crippen molar-refractivity contribution in [2.45, 2.75) is 31.3 Å². The molecule has 0 radical (unpaired) electrons. The Kier molecular flexibility index (Phi) is 3.54. The summed E-state index contributed by atoms with van der Waals surface area (Å²) in [6.07, 6.45) is 5.83. The molecule has 0 aliphatic heterocycles. The first kappa shape index (κ1) is 12.6. The summed E-state index contributed by atoms with van der Waals surface area (Å²) in [5.74, 6) is 0.638. The Hall–Kier alpha value is -1.38. The molecule has 98 valence electrons. The number of benzene rings is 1. The predicted molar refractivity (Wildman–Crippen MR) is 76.3 cm³/mol. The van der Waals surface area contributed by atoms with Crippen molar-refractivity contribution in [2.75, 3.05) is 0 Å². The van der Waals surface area contributed by atoms with E-state index in [4.69, 9.17) is 11.6 Å². The van der Waals surface area contributed by atoms with Crippen LogP contribution in [-0.2, 0) is 6.42 Å². The molecule has 1 N–H and O–H groups in total. The van der Waals surface area contributed by atoms with Crippen LogP contribution >= 0.6 is 11.6 Å². The molecule has 1 unspecified atom stereocenters. The van der Waals surface area contributed by atoms with E-state index in [-0.39, 0.29) is 0 Å². The van der Waals surface area contributed by atoms with Crippen molar-refractivity contribution in [2.24, 2.45) is 0 Å². The van der Waals surface area contributed by atoms with Gasteiger partial charge in [-0.2, -0.15) is 0 Å². The Labute approximate surface area is 118 Å². The first-order valence-electron chi connectivity index (χ1n) is 6.61. The van der Waals surface area contributed by atoms with Gasteiger partial charge in [-0.25, -0.2) is 0 Å². The summed E-state index contributed by atoms with van der Waals surface area (Å²) in [6.45, 7) is 0. The number of rotatable bonds is 4. The lowest BCUT2D eigenvalue weighted by molar-refractivity contribution is 0.177. The van der Waals surface area contributed by atoms with Crippen LogP contribution in [-0.4, -0.2) is 10.1 Å². The summed E-state index contributed by atoms with van der Waals surface area (Å²) in [4.78, 5) is 3.97. The van der Waals surface area contributed by atoms with E-state index in [1.165, 1.54) is 18.4 Å². The maximum atomic E-state index is 10.5. The third-order valence-electron chi connectivity index (χ3n) is 3.64. The molecule has 1 fully saturated rings. The summed E-state index contributed by atoms with van der Waals surface area (Å²) in [6, 6.07) is 10.0. The highest BCUT2D eigenvalue weighted by Crippen LogP contribution is 2.43. The molecule has 2 aromatic rings. The smallest absolute Gasteiger partial charge is 0.0833 e. The van der Waals surface area contributed by atoms with E-state index in [9.17, 15) is 5.11 Å². The van der Waals surface area contributed by atoms with Crippen LogP contribution in [0.4, 0.5) is 0 Å². The minimum Gasteiger partial charge on any atom is -0.388 e. The van der Waals surface area contributed by atoms with E-state index in [2.05, 4.69) is 11.1 Å². The number of nitrogens with zero attached hydrogens (tertiary/aromatic N) is 1. The third-order valence-corrected chi connectivity index (χ3v) is 3.98. The van der Waals surface area contributed by atoms with E-state index in [0.29, 0.717) is 17.4 Å². The minimum atomic E-state index is -0.503. The highest BCUT2D eigenvalue weighted by atomic mass is 35.5. The molecule has 19 heavy (non-hydrogen) atoms. The zero-order valence-electron chi connectivity index (χ0n) is 10.6. The van der Waals surface area contributed by atoms with Crippen LogP contribution in [0.25, 0.3) is 0 Å². The third kappa shape index (κ3) is 2.80. The Morgan fingerprint density at radius 2 is 2.05 bits per heavy atom. The maximum Gasteiger partial charge on any atom is 0.0833 e. The van der Waals surface area contributed by atoms with E-state index >= 15 is 0 Å². The molecule has 1 atom stereocenters. The van der Waals surface area contributed by atoms with Gasteiger partial charge in [0.15, 0.2) is 0 Å². The zero-order valence-corrected chi connectivity index (χ0v) is 11.3. The molecular weight excluding hydrogens is 258 g/mol. The van der Waals surface area contributed by atoms with Crippen molar-refractivity contribution >= 4 is 11.6 Å². The normalized spacial score (nSPS) is 16.3. The Morgan fingerprint density at radius 1 is 1.26 bits per heavy atom. The van der Waals surface area contributed by atoms with Gasteiger partial charge in [0.05, 0.1) is 11.1 Å². The SMILES string of the molecule is OC(Cc1ccncc1Cl)c1ccccc1C1CC1. The Bertz CT molecular complexity index is 580. The van der Waals surface area contributed by atoms with Crippen LogP contribution in [0.5, 0.6) is 0 Å². The zero-order chi connectivity index (χ0) is 13.2. The minimum absolute atomic E-state index is 0.503. The number of hydrogen-bond acceptors (Lipinski definition) is 2. The molecule has 1 heterocycles. The molecule has 0 spiro atoms. The van der Waals surface area contributed by atoms with Crippen LogP contribution in [0.15, 0.2) is 42.7 Å². The lowest BCUT2D eigenvalue weighted by Gasteiger charge is -2.16. The fourth-order valence-electron chi connectivity index (χ4n) is 2.47.